The SMILES string of the molecule is COc1ccccc1CNC(=O)c1cnc(Nc2ccc3c(c2)OCO3)nc1. The van der Waals surface area contributed by atoms with E-state index in [2.05, 4.69) is 20.6 Å². The quantitative estimate of drug-likeness (QED) is 0.681. The molecule has 0 radical (unpaired) electrons. The zero-order chi connectivity index (χ0) is 19.3. The molecule has 8 nitrogen and oxygen atoms in total. The Balaban J connectivity index is 1.38. The van der Waals surface area contributed by atoms with Gasteiger partial charge in [-0.15, -0.1) is 0 Å². The maximum absolute atomic E-state index is 12.3. The number of carbonyl (C=O) groups is 1. The third-order valence-corrected chi connectivity index (χ3v) is 4.17. The molecule has 1 aliphatic heterocycles. The van der Waals surface area contributed by atoms with E-state index in [1.807, 2.05) is 36.4 Å². The molecule has 2 aromatic carbocycles. The summed E-state index contributed by atoms with van der Waals surface area (Å²) in [5.74, 6) is 2.20. The van der Waals surface area contributed by atoms with Crippen LogP contribution in [0.1, 0.15) is 15.9 Å². The van der Waals surface area contributed by atoms with Gasteiger partial charge in [0.1, 0.15) is 5.75 Å². The lowest BCUT2D eigenvalue weighted by Crippen LogP contribution is -2.23. The van der Waals surface area contributed by atoms with Crippen molar-refractivity contribution in [1.29, 1.82) is 0 Å². The second-order valence-electron chi connectivity index (χ2n) is 5.98. The van der Waals surface area contributed by atoms with Crippen LogP contribution in [0.25, 0.3) is 0 Å². The first-order valence-corrected chi connectivity index (χ1v) is 8.62. The van der Waals surface area contributed by atoms with Crippen molar-refractivity contribution in [3.05, 3.63) is 66.0 Å². The van der Waals surface area contributed by atoms with Crippen molar-refractivity contribution >= 4 is 17.5 Å². The number of benzene rings is 2. The van der Waals surface area contributed by atoms with Crippen LogP contribution in [0.2, 0.25) is 0 Å². The number of hydrogen-bond acceptors (Lipinski definition) is 7. The van der Waals surface area contributed by atoms with E-state index in [9.17, 15) is 4.79 Å². The van der Waals surface area contributed by atoms with Gasteiger partial charge in [-0.1, -0.05) is 18.2 Å². The van der Waals surface area contributed by atoms with Crippen molar-refractivity contribution in [2.75, 3.05) is 19.2 Å². The Morgan fingerprint density at radius 2 is 1.89 bits per heavy atom. The highest BCUT2D eigenvalue weighted by Gasteiger charge is 2.14. The summed E-state index contributed by atoms with van der Waals surface area (Å²) in [5, 5.41) is 5.90. The number of nitrogens with zero attached hydrogens (tertiary/aromatic N) is 2. The summed E-state index contributed by atoms with van der Waals surface area (Å²) in [7, 11) is 1.60. The lowest BCUT2D eigenvalue weighted by Gasteiger charge is -2.10. The van der Waals surface area contributed by atoms with Gasteiger partial charge in [-0.25, -0.2) is 9.97 Å². The lowest BCUT2D eigenvalue weighted by atomic mass is 10.2. The Morgan fingerprint density at radius 1 is 1.11 bits per heavy atom. The molecule has 142 valence electrons. The van der Waals surface area contributed by atoms with Gasteiger partial charge in [0.2, 0.25) is 12.7 Å². The summed E-state index contributed by atoms with van der Waals surface area (Å²) >= 11 is 0. The van der Waals surface area contributed by atoms with Crippen molar-refractivity contribution < 1.29 is 19.0 Å². The number of ether oxygens (including phenoxy) is 3. The van der Waals surface area contributed by atoms with E-state index in [0.29, 0.717) is 29.6 Å². The van der Waals surface area contributed by atoms with Gasteiger partial charge in [-0.3, -0.25) is 4.79 Å². The Labute approximate surface area is 161 Å². The predicted octanol–water partition coefficient (Wildman–Crippen LogP) is 2.89. The van der Waals surface area contributed by atoms with Crippen molar-refractivity contribution in [2.24, 2.45) is 0 Å². The van der Waals surface area contributed by atoms with Crippen LogP contribution in [-0.4, -0.2) is 29.8 Å². The van der Waals surface area contributed by atoms with Crippen molar-refractivity contribution in [3.63, 3.8) is 0 Å². The molecule has 0 saturated carbocycles. The van der Waals surface area contributed by atoms with Crippen LogP contribution >= 0.6 is 0 Å². The minimum atomic E-state index is -0.263. The summed E-state index contributed by atoms with van der Waals surface area (Å²) in [6, 6.07) is 13.0. The predicted molar refractivity (Wildman–Crippen MR) is 102 cm³/mol. The van der Waals surface area contributed by atoms with Gasteiger partial charge in [-0.2, -0.15) is 0 Å². The molecular weight excluding hydrogens is 360 g/mol. The monoisotopic (exact) mass is 378 g/mol. The number of para-hydroxylation sites is 1. The first kappa shape index (κ1) is 17.6. The van der Waals surface area contributed by atoms with E-state index < -0.39 is 0 Å². The number of amides is 1. The number of fused-ring (bicyclic) bond motifs is 1. The van der Waals surface area contributed by atoms with Gasteiger partial charge in [-0.05, 0) is 18.2 Å². The summed E-state index contributed by atoms with van der Waals surface area (Å²) in [6.45, 7) is 0.563. The number of carbonyl (C=O) groups excluding carboxylic acids is 1. The topological polar surface area (TPSA) is 94.6 Å². The van der Waals surface area contributed by atoms with Crippen LogP contribution in [0.4, 0.5) is 11.6 Å². The molecule has 8 heteroatoms. The number of hydrogen-bond donors (Lipinski definition) is 2. The highest BCUT2D eigenvalue weighted by atomic mass is 16.7. The molecular formula is C20H18N4O4. The molecule has 0 saturated heterocycles. The first-order valence-electron chi connectivity index (χ1n) is 8.62. The number of aromatic nitrogens is 2. The maximum atomic E-state index is 12.3. The highest BCUT2D eigenvalue weighted by molar-refractivity contribution is 5.93. The third kappa shape index (κ3) is 3.80. The molecule has 2 heterocycles. The number of rotatable bonds is 6. The van der Waals surface area contributed by atoms with Gasteiger partial charge in [0.05, 0.1) is 12.7 Å². The molecule has 28 heavy (non-hydrogen) atoms. The molecule has 0 spiro atoms. The minimum Gasteiger partial charge on any atom is -0.496 e. The molecule has 1 amide bonds. The van der Waals surface area contributed by atoms with Crippen molar-refractivity contribution in [3.8, 4) is 17.2 Å². The van der Waals surface area contributed by atoms with Gasteiger partial charge in [0, 0.05) is 36.3 Å². The van der Waals surface area contributed by atoms with Crippen molar-refractivity contribution in [1.82, 2.24) is 15.3 Å². The first-order chi connectivity index (χ1) is 13.7. The van der Waals surface area contributed by atoms with Gasteiger partial charge < -0.3 is 24.8 Å². The number of anilines is 2. The second kappa shape index (κ2) is 7.83. The van der Waals surface area contributed by atoms with Crippen LogP contribution < -0.4 is 24.8 Å². The highest BCUT2D eigenvalue weighted by Crippen LogP contribution is 2.34. The van der Waals surface area contributed by atoms with E-state index in [-0.39, 0.29) is 12.7 Å². The summed E-state index contributed by atoms with van der Waals surface area (Å²) in [5.41, 5.74) is 2.02. The smallest absolute Gasteiger partial charge is 0.254 e. The van der Waals surface area contributed by atoms with Gasteiger partial charge in [0.25, 0.3) is 5.91 Å². The molecule has 4 rings (SSSR count). The standard InChI is InChI=1S/C20H18N4O4/c1-26-16-5-3-2-4-13(16)9-21-19(25)14-10-22-20(23-11-14)24-15-6-7-17-18(8-15)28-12-27-17/h2-8,10-11H,9,12H2,1H3,(H,21,25)(H,22,23,24). The summed E-state index contributed by atoms with van der Waals surface area (Å²) < 4.78 is 15.9. The zero-order valence-electron chi connectivity index (χ0n) is 15.1. The average Bonchev–Trinajstić information content (AvgIpc) is 3.20. The lowest BCUT2D eigenvalue weighted by molar-refractivity contribution is 0.0950. The molecule has 0 unspecified atom stereocenters. The zero-order valence-corrected chi connectivity index (χ0v) is 15.1. The maximum Gasteiger partial charge on any atom is 0.254 e. The number of nitrogens with one attached hydrogen (secondary N) is 2. The van der Waals surface area contributed by atoms with Crippen LogP contribution in [0.3, 0.4) is 0 Å². The Bertz CT molecular complexity index is 992. The fraction of sp³-hybridized carbons (Fsp3) is 0.150. The molecule has 0 fully saturated rings. The molecule has 0 aliphatic carbocycles. The largest absolute Gasteiger partial charge is 0.496 e. The van der Waals surface area contributed by atoms with E-state index in [0.717, 1.165) is 17.0 Å². The van der Waals surface area contributed by atoms with Crippen LogP contribution in [0.5, 0.6) is 17.2 Å². The molecule has 0 atom stereocenters. The molecule has 0 bridgehead atoms. The number of methoxy groups -OCH3 is 1. The minimum absolute atomic E-state index is 0.216. The Kier molecular flexibility index (Phi) is 4.92. The molecule has 1 aromatic heterocycles. The van der Waals surface area contributed by atoms with Crippen molar-refractivity contribution in [2.45, 2.75) is 6.54 Å². The average molecular weight is 378 g/mol. The Morgan fingerprint density at radius 3 is 2.71 bits per heavy atom. The van der Waals surface area contributed by atoms with Gasteiger partial charge in [0.15, 0.2) is 11.5 Å². The van der Waals surface area contributed by atoms with Gasteiger partial charge >= 0.3 is 0 Å². The van der Waals surface area contributed by atoms with Crippen LogP contribution in [-0.2, 0) is 6.54 Å². The van der Waals surface area contributed by atoms with E-state index in [4.69, 9.17) is 14.2 Å². The third-order valence-electron chi connectivity index (χ3n) is 4.17. The van der Waals surface area contributed by atoms with Crippen LogP contribution in [0, 0.1) is 0 Å². The fourth-order valence-corrected chi connectivity index (χ4v) is 2.74. The molecule has 1 aliphatic rings. The van der Waals surface area contributed by atoms with E-state index in [1.165, 1.54) is 12.4 Å². The molecule has 2 N–H and O–H groups in total. The fourth-order valence-electron chi connectivity index (χ4n) is 2.74. The van der Waals surface area contributed by atoms with E-state index >= 15 is 0 Å². The Hall–Kier alpha value is -3.81. The molecule has 3 aromatic rings. The van der Waals surface area contributed by atoms with Crippen LogP contribution in [0.15, 0.2) is 54.9 Å². The normalized spacial score (nSPS) is 11.8. The summed E-state index contributed by atoms with van der Waals surface area (Å²) in [6.07, 6.45) is 2.94. The summed E-state index contributed by atoms with van der Waals surface area (Å²) in [4.78, 5) is 20.7. The van der Waals surface area contributed by atoms with E-state index in [1.54, 1.807) is 13.2 Å². The second-order valence-corrected chi connectivity index (χ2v) is 5.98.